The van der Waals surface area contributed by atoms with Gasteiger partial charge in [0.15, 0.2) is 4.90 Å². The number of hydrazone groups is 1. The van der Waals surface area contributed by atoms with Gasteiger partial charge in [0, 0.05) is 23.0 Å². The fourth-order valence-corrected chi connectivity index (χ4v) is 5.92. The number of anilines is 1. The Balaban J connectivity index is 1.58. The highest BCUT2D eigenvalue weighted by molar-refractivity contribution is 7.93. The van der Waals surface area contributed by atoms with Gasteiger partial charge >= 0.3 is 0 Å². The second-order valence-electron chi connectivity index (χ2n) is 8.48. The zero-order chi connectivity index (χ0) is 28.2. The summed E-state index contributed by atoms with van der Waals surface area (Å²) < 4.78 is 29.8. The van der Waals surface area contributed by atoms with Crippen molar-refractivity contribution in [3.05, 3.63) is 117 Å². The fourth-order valence-electron chi connectivity index (χ4n) is 4.12. The second-order valence-corrected chi connectivity index (χ2v) is 10.7. The average molecular weight is 566 g/mol. The molecule has 0 aliphatic heterocycles. The smallest absolute Gasteiger partial charge is 0.289 e. The molecule has 1 aromatic heterocycles. The summed E-state index contributed by atoms with van der Waals surface area (Å²) in [7, 11) is -4.48. The van der Waals surface area contributed by atoms with Crippen LogP contribution in [0.1, 0.15) is 17.0 Å². The number of nitro benzene ring substituents is 1. The second kappa shape index (κ2) is 11.5. The highest BCUT2D eigenvalue weighted by Gasteiger charge is 2.33. The molecule has 200 valence electrons. The zero-order valence-corrected chi connectivity index (χ0v) is 22.6. The zero-order valence-electron chi connectivity index (χ0n) is 21.0. The van der Waals surface area contributed by atoms with Crippen LogP contribution < -0.4 is 9.73 Å². The number of sulfonamides is 1. The average Bonchev–Trinajstić information content (AvgIpc) is 3.20. The van der Waals surface area contributed by atoms with Crippen molar-refractivity contribution in [2.24, 2.45) is 5.10 Å². The van der Waals surface area contributed by atoms with E-state index in [-0.39, 0.29) is 5.69 Å². The number of rotatable bonds is 9. The summed E-state index contributed by atoms with van der Waals surface area (Å²) in [6, 6.07) is 22.1. The molecule has 0 bridgehead atoms. The summed E-state index contributed by atoms with van der Waals surface area (Å²) in [6.45, 7) is 3.14. The standard InChI is InChI=1S/C27H24ClN5O5S/c1-19-16-21(20(2)32(19)24-13-7-6-12-23(24)28)17-29-30-27(34)18-31(22-10-4-3-5-11-22)39(37,38)26-15-9-8-14-25(26)33(35)36/h3-17H,18H2,1-2H3,(H,30,34)/b29-17-. The Morgan fingerprint density at radius 3 is 2.38 bits per heavy atom. The van der Waals surface area contributed by atoms with Gasteiger partial charge in [-0.3, -0.25) is 19.2 Å². The minimum Gasteiger partial charge on any atom is -0.316 e. The topological polar surface area (TPSA) is 127 Å². The Kier molecular flexibility index (Phi) is 8.12. The van der Waals surface area contributed by atoms with Crippen LogP contribution in [0.3, 0.4) is 0 Å². The molecule has 0 saturated carbocycles. The van der Waals surface area contributed by atoms with Crippen molar-refractivity contribution >= 4 is 45.1 Å². The molecule has 4 rings (SSSR count). The summed E-state index contributed by atoms with van der Waals surface area (Å²) in [5.41, 5.74) is 5.19. The van der Waals surface area contributed by atoms with Crippen LogP contribution >= 0.6 is 11.6 Å². The number of hydrogen-bond donors (Lipinski definition) is 1. The molecule has 0 saturated heterocycles. The number of nitrogens with one attached hydrogen (secondary N) is 1. The van der Waals surface area contributed by atoms with Crippen molar-refractivity contribution in [1.29, 1.82) is 0 Å². The van der Waals surface area contributed by atoms with E-state index in [4.69, 9.17) is 11.6 Å². The van der Waals surface area contributed by atoms with Crippen LogP contribution in [-0.2, 0) is 14.8 Å². The van der Waals surface area contributed by atoms with Gasteiger partial charge in [-0.1, -0.05) is 54.1 Å². The third kappa shape index (κ3) is 5.84. The first-order valence-electron chi connectivity index (χ1n) is 11.7. The van der Waals surface area contributed by atoms with E-state index in [9.17, 15) is 23.3 Å². The Hall–Kier alpha value is -4.48. The highest BCUT2D eigenvalue weighted by Crippen LogP contribution is 2.30. The monoisotopic (exact) mass is 565 g/mol. The normalized spacial score (nSPS) is 11.5. The summed E-state index contributed by atoms with van der Waals surface area (Å²) in [4.78, 5) is 23.0. The molecule has 0 fully saturated rings. The summed E-state index contributed by atoms with van der Waals surface area (Å²) in [6.07, 6.45) is 1.46. The Morgan fingerprint density at radius 2 is 1.69 bits per heavy atom. The molecule has 4 aromatic rings. The lowest BCUT2D eigenvalue weighted by molar-refractivity contribution is -0.387. The third-order valence-electron chi connectivity index (χ3n) is 5.92. The summed E-state index contributed by atoms with van der Waals surface area (Å²) >= 11 is 6.36. The molecule has 0 aliphatic rings. The molecule has 12 heteroatoms. The van der Waals surface area contributed by atoms with Crippen molar-refractivity contribution in [2.45, 2.75) is 18.7 Å². The quantitative estimate of drug-likeness (QED) is 0.173. The lowest BCUT2D eigenvalue weighted by Gasteiger charge is -2.23. The number of carbonyl (C=O) groups excluding carboxylic acids is 1. The van der Waals surface area contributed by atoms with Gasteiger partial charge in [-0.15, -0.1) is 0 Å². The maximum atomic E-state index is 13.5. The first-order chi connectivity index (χ1) is 18.6. The van der Waals surface area contributed by atoms with E-state index >= 15 is 0 Å². The largest absolute Gasteiger partial charge is 0.316 e. The van der Waals surface area contributed by atoms with E-state index in [1.807, 2.05) is 42.7 Å². The predicted octanol–water partition coefficient (Wildman–Crippen LogP) is 5.00. The van der Waals surface area contributed by atoms with Gasteiger partial charge in [-0.2, -0.15) is 5.10 Å². The molecular weight excluding hydrogens is 542 g/mol. The number of aromatic nitrogens is 1. The van der Waals surface area contributed by atoms with Crippen molar-refractivity contribution in [1.82, 2.24) is 9.99 Å². The fraction of sp³-hybridized carbons (Fsp3) is 0.111. The first-order valence-corrected chi connectivity index (χ1v) is 13.5. The van der Waals surface area contributed by atoms with Crippen LogP contribution in [0.4, 0.5) is 11.4 Å². The number of halogens is 1. The Morgan fingerprint density at radius 1 is 1.05 bits per heavy atom. The highest BCUT2D eigenvalue weighted by atomic mass is 35.5. The van der Waals surface area contributed by atoms with Crippen molar-refractivity contribution in [3.63, 3.8) is 0 Å². The van der Waals surface area contributed by atoms with Gasteiger partial charge in [-0.25, -0.2) is 13.8 Å². The number of aryl methyl sites for hydroxylation is 1. The maximum Gasteiger partial charge on any atom is 0.289 e. The van der Waals surface area contributed by atoms with Crippen LogP contribution in [-0.4, -0.2) is 36.6 Å². The van der Waals surface area contributed by atoms with Crippen LogP contribution in [0, 0.1) is 24.0 Å². The predicted molar refractivity (Wildman–Crippen MR) is 150 cm³/mol. The van der Waals surface area contributed by atoms with E-state index in [0.29, 0.717) is 5.02 Å². The molecule has 0 spiro atoms. The first kappa shape index (κ1) is 27.6. The van der Waals surface area contributed by atoms with E-state index in [1.165, 1.54) is 30.5 Å². The van der Waals surface area contributed by atoms with Gasteiger partial charge in [-0.05, 0) is 50.2 Å². The summed E-state index contributed by atoms with van der Waals surface area (Å²) in [5, 5.41) is 16.1. The van der Waals surface area contributed by atoms with Gasteiger partial charge in [0.05, 0.1) is 27.5 Å². The number of carbonyl (C=O) groups is 1. The molecule has 0 radical (unpaired) electrons. The van der Waals surface area contributed by atoms with E-state index in [2.05, 4.69) is 10.5 Å². The molecule has 1 heterocycles. The number of para-hydroxylation sites is 3. The number of nitrogens with zero attached hydrogens (tertiary/aromatic N) is 4. The number of hydrogen-bond acceptors (Lipinski definition) is 6. The van der Waals surface area contributed by atoms with Gasteiger partial charge < -0.3 is 4.57 Å². The maximum absolute atomic E-state index is 13.5. The van der Waals surface area contributed by atoms with Gasteiger partial charge in [0.25, 0.3) is 21.6 Å². The molecule has 1 N–H and O–H groups in total. The third-order valence-corrected chi connectivity index (χ3v) is 8.06. The van der Waals surface area contributed by atoms with Crippen LogP contribution in [0.25, 0.3) is 5.69 Å². The van der Waals surface area contributed by atoms with Crippen LogP contribution in [0.15, 0.2) is 94.9 Å². The Bertz CT molecular complexity index is 1670. The number of benzene rings is 3. The molecular formula is C27H24ClN5O5S. The SMILES string of the molecule is Cc1cc(/C=N\NC(=O)CN(c2ccccc2)S(=O)(=O)c2ccccc2[N+](=O)[O-])c(C)n1-c1ccccc1Cl. The lowest BCUT2D eigenvalue weighted by atomic mass is 10.2. The van der Waals surface area contributed by atoms with E-state index in [1.54, 1.807) is 24.3 Å². The van der Waals surface area contributed by atoms with Crippen molar-refractivity contribution in [2.75, 3.05) is 10.8 Å². The number of nitro groups is 1. The minimum atomic E-state index is -4.48. The van der Waals surface area contributed by atoms with Gasteiger partial charge in [0.2, 0.25) is 0 Å². The Labute approximate surface area is 230 Å². The van der Waals surface area contributed by atoms with E-state index < -0.39 is 38.0 Å². The molecule has 39 heavy (non-hydrogen) atoms. The van der Waals surface area contributed by atoms with Crippen molar-refractivity contribution < 1.29 is 18.1 Å². The molecule has 0 unspecified atom stereocenters. The summed E-state index contributed by atoms with van der Waals surface area (Å²) in [5.74, 6) is -0.739. The molecule has 3 aromatic carbocycles. The van der Waals surface area contributed by atoms with Gasteiger partial charge in [0.1, 0.15) is 6.54 Å². The van der Waals surface area contributed by atoms with Crippen molar-refractivity contribution in [3.8, 4) is 5.69 Å². The van der Waals surface area contributed by atoms with Crippen LogP contribution in [0.5, 0.6) is 0 Å². The molecule has 1 amide bonds. The molecule has 0 aliphatic carbocycles. The molecule has 10 nitrogen and oxygen atoms in total. The minimum absolute atomic E-state index is 0.165. The molecule has 0 atom stereocenters. The number of amides is 1. The van der Waals surface area contributed by atoms with Crippen LogP contribution in [0.2, 0.25) is 5.02 Å². The lowest BCUT2D eigenvalue weighted by Crippen LogP contribution is -2.39. The van der Waals surface area contributed by atoms with E-state index in [0.717, 1.165) is 39.1 Å².